The second kappa shape index (κ2) is 5.17. The van der Waals surface area contributed by atoms with Gasteiger partial charge in [-0.25, -0.2) is 0 Å². The molecule has 1 aliphatic heterocycles. The molecular weight excluding hydrogens is 264 g/mol. The molecule has 0 radical (unpaired) electrons. The lowest BCUT2D eigenvalue weighted by atomic mass is 9.99. The van der Waals surface area contributed by atoms with Gasteiger partial charge in [0, 0.05) is 6.54 Å². The number of aryl methyl sites for hydroxylation is 2. The maximum atomic E-state index is 12.7. The molecule has 4 heteroatoms. The molecule has 2 atom stereocenters. The van der Waals surface area contributed by atoms with Gasteiger partial charge in [0.1, 0.15) is 12.1 Å². The molecule has 1 aliphatic carbocycles. The van der Waals surface area contributed by atoms with Gasteiger partial charge in [0.05, 0.1) is 0 Å². The summed E-state index contributed by atoms with van der Waals surface area (Å²) in [4.78, 5) is 26.6. The Balaban J connectivity index is 1.88. The van der Waals surface area contributed by atoms with Gasteiger partial charge in [-0.2, -0.15) is 0 Å². The highest BCUT2D eigenvalue weighted by molar-refractivity contribution is 5.97. The fraction of sp³-hybridized carbons (Fsp3) is 0.529. The first-order chi connectivity index (χ1) is 9.99. The number of hydrogen-bond donors (Lipinski definition) is 1. The van der Waals surface area contributed by atoms with E-state index in [9.17, 15) is 9.59 Å². The van der Waals surface area contributed by atoms with Gasteiger partial charge < -0.3 is 10.2 Å². The Morgan fingerprint density at radius 2 is 1.81 bits per heavy atom. The first-order valence-corrected chi connectivity index (χ1v) is 7.65. The van der Waals surface area contributed by atoms with Crippen LogP contribution in [0.2, 0.25) is 0 Å². The van der Waals surface area contributed by atoms with Crippen LogP contribution in [0.15, 0.2) is 18.2 Å². The van der Waals surface area contributed by atoms with Crippen LogP contribution >= 0.6 is 0 Å². The molecule has 1 saturated carbocycles. The summed E-state index contributed by atoms with van der Waals surface area (Å²) in [5.41, 5.74) is 3.50. The monoisotopic (exact) mass is 286 g/mol. The second-order valence-corrected chi connectivity index (χ2v) is 6.34. The quantitative estimate of drug-likeness (QED) is 0.923. The van der Waals surface area contributed by atoms with Crippen LogP contribution in [0.5, 0.6) is 0 Å². The highest BCUT2D eigenvalue weighted by Crippen LogP contribution is 2.35. The predicted molar refractivity (Wildman–Crippen MR) is 80.6 cm³/mol. The molecule has 1 heterocycles. The Morgan fingerprint density at radius 1 is 1.19 bits per heavy atom. The van der Waals surface area contributed by atoms with E-state index in [1.165, 1.54) is 11.1 Å². The van der Waals surface area contributed by atoms with Crippen LogP contribution < -0.4 is 5.32 Å². The van der Waals surface area contributed by atoms with Crippen molar-refractivity contribution in [2.45, 2.75) is 52.2 Å². The number of hydrogen-bond acceptors (Lipinski definition) is 2. The number of benzene rings is 1. The van der Waals surface area contributed by atoms with E-state index in [4.69, 9.17) is 0 Å². The standard InChI is InChI=1S/C17H22N2O2/c1-10-5-4-6-11(2)14(10)9-19-12(3)16(20)18-15(17(19)21)13-7-8-13/h4-6,12-13,15H,7-9H2,1-3H3,(H,18,20). The zero-order valence-electron chi connectivity index (χ0n) is 12.8. The molecule has 21 heavy (non-hydrogen) atoms. The van der Waals surface area contributed by atoms with Crippen LogP contribution in [-0.4, -0.2) is 28.8 Å². The van der Waals surface area contributed by atoms with Gasteiger partial charge in [-0.1, -0.05) is 18.2 Å². The summed E-state index contributed by atoms with van der Waals surface area (Å²) >= 11 is 0. The van der Waals surface area contributed by atoms with Crippen LogP contribution in [0.1, 0.15) is 36.5 Å². The predicted octanol–water partition coefficient (Wildman–Crippen LogP) is 1.93. The van der Waals surface area contributed by atoms with Gasteiger partial charge in [0.2, 0.25) is 11.8 Å². The lowest BCUT2D eigenvalue weighted by Crippen LogP contribution is -2.62. The van der Waals surface area contributed by atoms with Crippen molar-refractivity contribution >= 4 is 11.8 Å². The Bertz CT molecular complexity index is 572. The fourth-order valence-corrected chi connectivity index (χ4v) is 3.08. The van der Waals surface area contributed by atoms with E-state index in [0.717, 1.165) is 18.4 Å². The Kier molecular flexibility index (Phi) is 3.47. The first kappa shape index (κ1) is 14.1. The first-order valence-electron chi connectivity index (χ1n) is 7.65. The third kappa shape index (κ3) is 2.55. The Labute approximate surface area is 125 Å². The van der Waals surface area contributed by atoms with Crippen molar-refractivity contribution < 1.29 is 9.59 Å². The van der Waals surface area contributed by atoms with Crippen molar-refractivity contribution in [1.29, 1.82) is 0 Å². The zero-order chi connectivity index (χ0) is 15.1. The van der Waals surface area contributed by atoms with Gasteiger partial charge in [0.15, 0.2) is 0 Å². The molecule has 1 saturated heterocycles. The second-order valence-electron chi connectivity index (χ2n) is 6.34. The molecular formula is C17H22N2O2. The van der Waals surface area contributed by atoms with E-state index in [2.05, 4.69) is 31.3 Å². The minimum absolute atomic E-state index is 0.0299. The molecule has 1 aromatic carbocycles. The molecule has 0 spiro atoms. The number of piperazine rings is 1. The number of rotatable bonds is 3. The normalized spacial score (nSPS) is 26.0. The van der Waals surface area contributed by atoms with E-state index in [1.807, 2.05) is 13.0 Å². The summed E-state index contributed by atoms with van der Waals surface area (Å²) in [6.07, 6.45) is 2.09. The molecule has 1 aromatic rings. The van der Waals surface area contributed by atoms with Gasteiger partial charge in [-0.15, -0.1) is 0 Å². The number of carbonyl (C=O) groups excluding carboxylic acids is 2. The average Bonchev–Trinajstić information content (AvgIpc) is 3.26. The minimum Gasteiger partial charge on any atom is -0.342 e. The summed E-state index contributed by atoms with van der Waals surface area (Å²) < 4.78 is 0. The summed E-state index contributed by atoms with van der Waals surface area (Å²) in [5.74, 6) is 0.388. The number of nitrogens with zero attached hydrogens (tertiary/aromatic N) is 1. The number of carbonyl (C=O) groups is 2. The number of nitrogens with one attached hydrogen (secondary N) is 1. The average molecular weight is 286 g/mol. The molecule has 2 unspecified atom stereocenters. The van der Waals surface area contributed by atoms with Gasteiger partial charge >= 0.3 is 0 Å². The third-order valence-electron chi connectivity index (χ3n) is 4.76. The van der Waals surface area contributed by atoms with E-state index < -0.39 is 6.04 Å². The minimum atomic E-state index is -0.397. The van der Waals surface area contributed by atoms with E-state index in [1.54, 1.807) is 4.90 Å². The van der Waals surface area contributed by atoms with Crippen molar-refractivity contribution in [3.05, 3.63) is 34.9 Å². The topological polar surface area (TPSA) is 49.4 Å². The molecule has 4 nitrogen and oxygen atoms in total. The van der Waals surface area contributed by atoms with Crippen LogP contribution in [0.4, 0.5) is 0 Å². The van der Waals surface area contributed by atoms with Crippen molar-refractivity contribution in [3.63, 3.8) is 0 Å². The molecule has 2 amide bonds. The van der Waals surface area contributed by atoms with Crippen LogP contribution in [0.3, 0.4) is 0 Å². The molecule has 2 fully saturated rings. The third-order valence-corrected chi connectivity index (χ3v) is 4.76. The van der Waals surface area contributed by atoms with Gasteiger partial charge in [0.25, 0.3) is 0 Å². The maximum absolute atomic E-state index is 12.7. The largest absolute Gasteiger partial charge is 0.342 e. The molecule has 0 aromatic heterocycles. The highest BCUT2D eigenvalue weighted by atomic mass is 16.2. The summed E-state index contributed by atoms with van der Waals surface area (Å²) in [6, 6.07) is 5.43. The Hall–Kier alpha value is -1.84. The lowest BCUT2D eigenvalue weighted by Gasteiger charge is -2.38. The molecule has 112 valence electrons. The summed E-state index contributed by atoms with van der Waals surface area (Å²) in [5, 5.41) is 2.89. The molecule has 0 bridgehead atoms. The van der Waals surface area contributed by atoms with E-state index >= 15 is 0 Å². The molecule has 2 aliphatic rings. The van der Waals surface area contributed by atoms with Gasteiger partial charge in [-0.05, 0) is 56.2 Å². The van der Waals surface area contributed by atoms with Crippen molar-refractivity contribution in [2.24, 2.45) is 5.92 Å². The highest BCUT2D eigenvalue weighted by Gasteiger charge is 2.45. The SMILES string of the molecule is Cc1cccc(C)c1CN1C(=O)C(C2CC2)NC(=O)C1C. The Morgan fingerprint density at radius 3 is 2.38 bits per heavy atom. The zero-order valence-corrected chi connectivity index (χ0v) is 12.8. The lowest BCUT2D eigenvalue weighted by molar-refractivity contribution is -0.149. The van der Waals surface area contributed by atoms with Crippen molar-refractivity contribution in [3.8, 4) is 0 Å². The van der Waals surface area contributed by atoms with Crippen LogP contribution in [0, 0.1) is 19.8 Å². The fourth-order valence-electron chi connectivity index (χ4n) is 3.08. The van der Waals surface area contributed by atoms with E-state index in [0.29, 0.717) is 12.5 Å². The number of amides is 2. The van der Waals surface area contributed by atoms with Crippen LogP contribution in [-0.2, 0) is 16.1 Å². The van der Waals surface area contributed by atoms with E-state index in [-0.39, 0.29) is 17.9 Å². The molecule has 1 N–H and O–H groups in total. The summed E-state index contributed by atoms with van der Waals surface area (Å²) in [6.45, 7) is 6.44. The van der Waals surface area contributed by atoms with Gasteiger partial charge in [-0.3, -0.25) is 9.59 Å². The smallest absolute Gasteiger partial charge is 0.246 e. The summed E-state index contributed by atoms with van der Waals surface area (Å²) in [7, 11) is 0. The maximum Gasteiger partial charge on any atom is 0.246 e. The van der Waals surface area contributed by atoms with Crippen molar-refractivity contribution in [2.75, 3.05) is 0 Å². The van der Waals surface area contributed by atoms with Crippen molar-refractivity contribution in [1.82, 2.24) is 10.2 Å². The molecule has 3 rings (SSSR count). The van der Waals surface area contributed by atoms with Crippen LogP contribution in [0.25, 0.3) is 0 Å².